The van der Waals surface area contributed by atoms with Crippen molar-refractivity contribution in [3.05, 3.63) is 53.1 Å². The molecule has 0 radical (unpaired) electrons. The normalized spacial score (nSPS) is 15.2. The number of rotatable bonds is 3. The molecule has 4 rings (SSSR count). The Hall–Kier alpha value is -2.82. The van der Waals surface area contributed by atoms with Gasteiger partial charge in [-0.25, -0.2) is 0 Å². The number of carbonyl (C=O) groups is 2. The first kappa shape index (κ1) is 14.8. The Labute approximate surface area is 140 Å². The summed E-state index contributed by atoms with van der Waals surface area (Å²) >= 11 is 0. The van der Waals surface area contributed by atoms with Gasteiger partial charge in [0.15, 0.2) is 0 Å². The number of aryl methyl sites for hydroxylation is 1. The van der Waals surface area contributed by atoms with Crippen molar-refractivity contribution in [3.8, 4) is 5.75 Å². The van der Waals surface area contributed by atoms with Gasteiger partial charge < -0.3 is 15.0 Å². The van der Waals surface area contributed by atoms with Crippen LogP contribution in [-0.4, -0.2) is 25.5 Å². The van der Waals surface area contributed by atoms with Crippen LogP contribution < -0.4 is 15.0 Å². The third-order valence-corrected chi connectivity index (χ3v) is 4.62. The lowest BCUT2D eigenvalue weighted by Crippen LogP contribution is -2.31. The second-order valence-electron chi connectivity index (χ2n) is 6.15. The van der Waals surface area contributed by atoms with E-state index < -0.39 is 0 Å². The molecule has 0 saturated heterocycles. The number of nitrogens with zero attached hydrogens (tertiary/aromatic N) is 1. The van der Waals surface area contributed by atoms with E-state index in [2.05, 4.69) is 5.32 Å². The smallest absolute Gasteiger partial charge is 0.255 e. The Morgan fingerprint density at radius 1 is 1.17 bits per heavy atom. The Kier molecular flexibility index (Phi) is 3.49. The van der Waals surface area contributed by atoms with E-state index in [0.29, 0.717) is 17.7 Å². The number of amides is 2. The summed E-state index contributed by atoms with van der Waals surface area (Å²) in [4.78, 5) is 26.5. The molecule has 0 aliphatic carbocycles. The van der Waals surface area contributed by atoms with Crippen LogP contribution in [0.15, 0.2) is 36.4 Å². The maximum Gasteiger partial charge on any atom is 0.255 e. The number of nitrogens with one attached hydrogen (secondary N) is 1. The molecule has 2 aromatic carbocycles. The topological polar surface area (TPSA) is 58.6 Å². The molecule has 24 heavy (non-hydrogen) atoms. The van der Waals surface area contributed by atoms with E-state index in [4.69, 9.17) is 4.74 Å². The lowest BCUT2D eigenvalue weighted by Gasteiger charge is -2.25. The minimum Gasteiger partial charge on any atom is -0.497 e. The van der Waals surface area contributed by atoms with Crippen molar-refractivity contribution in [2.24, 2.45) is 0 Å². The van der Waals surface area contributed by atoms with Gasteiger partial charge >= 0.3 is 0 Å². The molecule has 2 aromatic rings. The van der Waals surface area contributed by atoms with Gasteiger partial charge in [0, 0.05) is 17.8 Å². The molecule has 5 nitrogen and oxygen atoms in total. The van der Waals surface area contributed by atoms with Gasteiger partial charge in [-0.15, -0.1) is 0 Å². The first-order valence-electron chi connectivity index (χ1n) is 8.07. The van der Waals surface area contributed by atoms with Gasteiger partial charge in [-0.05, 0) is 60.4 Å². The Morgan fingerprint density at radius 3 is 2.67 bits per heavy atom. The van der Waals surface area contributed by atoms with E-state index in [-0.39, 0.29) is 11.8 Å². The van der Waals surface area contributed by atoms with Crippen molar-refractivity contribution in [2.45, 2.75) is 19.3 Å². The molecule has 0 aromatic heterocycles. The van der Waals surface area contributed by atoms with E-state index in [1.54, 1.807) is 31.4 Å². The fourth-order valence-electron chi connectivity index (χ4n) is 3.49. The lowest BCUT2D eigenvalue weighted by molar-refractivity contribution is -0.117. The number of anilines is 2. The van der Waals surface area contributed by atoms with E-state index >= 15 is 0 Å². The molecule has 2 heterocycles. The maximum absolute atomic E-state index is 12.6. The molecule has 5 heteroatoms. The summed E-state index contributed by atoms with van der Waals surface area (Å²) in [5.41, 5.74) is 4.43. The molecule has 2 aliphatic heterocycles. The molecular formula is C19H18N2O3. The minimum absolute atomic E-state index is 0.138. The first-order valence-corrected chi connectivity index (χ1v) is 8.07. The predicted molar refractivity (Wildman–Crippen MR) is 91.8 cm³/mol. The summed E-state index contributed by atoms with van der Waals surface area (Å²) in [6.45, 7) is 0.788. The maximum atomic E-state index is 12.6. The second-order valence-corrected chi connectivity index (χ2v) is 6.15. The van der Waals surface area contributed by atoms with Crippen LogP contribution in [0.5, 0.6) is 5.75 Å². The highest BCUT2D eigenvalue weighted by atomic mass is 16.5. The van der Waals surface area contributed by atoms with Crippen molar-refractivity contribution in [1.29, 1.82) is 0 Å². The fourth-order valence-corrected chi connectivity index (χ4v) is 3.49. The highest BCUT2D eigenvalue weighted by molar-refractivity contribution is 6.08. The van der Waals surface area contributed by atoms with Crippen LogP contribution in [0.1, 0.15) is 27.9 Å². The van der Waals surface area contributed by atoms with Crippen molar-refractivity contribution < 1.29 is 14.3 Å². The van der Waals surface area contributed by atoms with E-state index in [9.17, 15) is 9.59 Å². The summed E-state index contributed by atoms with van der Waals surface area (Å²) in [5.74, 6) is 0.725. The summed E-state index contributed by atoms with van der Waals surface area (Å²) in [5, 5.41) is 2.90. The Balaban J connectivity index is 1.61. The van der Waals surface area contributed by atoms with Crippen molar-refractivity contribution in [2.75, 3.05) is 23.9 Å². The molecule has 1 N–H and O–H groups in total. The van der Waals surface area contributed by atoms with Crippen LogP contribution >= 0.6 is 0 Å². The van der Waals surface area contributed by atoms with Crippen LogP contribution in [0.3, 0.4) is 0 Å². The van der Waals surface area contributed by atoms with Crippen LogP contribution in [0.2, 0.25) is 0 Å². The highest BCUT2D eigenvalue weighted by Crippen LogP contribution is 2.37. The van der Waals surface area contributed by atoms with Crippen molar-refractivity contribution >= 4 is 23.2 Å². The van der Waals surface area contributed by atoms with Crippen LogP contribution in [0.4, 0.5) is 11.4 Å². The van der Waals surface area contributed by atoms with Crippen LogP contribution in [0, 0.1) is 0 Å². The zero-order valence-electron chi connectivity index (χ0n) is 13.5. The molecule has 122 valence electrons. The summed E-state index contributed by atoms with van der Waals surface area (Å²) in [6.07, 6.45) is 2.25. The largest absolute Gasteiger partial charge is 0.497 e. The quantitative estimate of drug-likeness (QED) is 0.945. The van der Waals surface area contributed by atoms with Crippen molar-refractivity contribution in [1.82, 2.24) is 0 Å². The molecule has 2 aliphatic rings. The minimum atomic E-state index is -0.157. The Bertz CT molecular complexity index is 827. The summed E-state index contributed by atoms with van der Waals surface area (Å²) < 4.78 is 5.12. The second kappa shape index (κ2) is 5.67. The molecule has 0 spiro atoms. The van der Waals surface area contributed by atoms with Crippen molar-refractivity contribution in [3.63, 3.8) is 0 Å². The highest BCUT2D eigenvalue weighted by Gasteiger charge is 2.32. The molecular weight excluding hydrogens is 304 g/mol. The molecule has 0 fully saturated rings. The monoisotopic (exact) mass is 322 g/mol. The zero-order chi connectivity index (χ0) is 16.7. The molecule has 2 amide bonds. The molecule has 0 saturated carbocycles. The number of ether oxygens (including phenoxy) is 1. The average molecular weight is 322 g/mol. The summed E-state index contributed by atoms with van der Waals surface area (Å²) in [7, 11) is 1.61. The first-order chi connectivity index (χ1) is 11.7. The lowest BCUT2D eigenvalue weighted by atomic mass is 9.96. The van der Waals surface area contributed by atoms with Gasteiger partial charge in [0.05, 0.1) is 19.2 Å². The summed E-state index contributed by atoms with van der Waals surface area (Å²) in [6, 6.07) is 11.0. The number of hydrogen-bond donors (Lipinski definition) is 1. The van der Waals surface area contributed by atoms with E-state index in [1.165, 1.54) is 0 Å². The van der Waals surface area contributed by atoms with Gasteiger partial charge in [0.25, 0.3) is 5.91 Å². The fraction of sp³-hybridized carbons (Fsp3) is 0.263. The van der Waals surface area contributed by atoms with Crippen LogP contribution in [0.25, 0.3) is 0 Å². The Morgan fingerprint density at radius 2 is 1.92 bits per heavy atom. The predicted octanol–water partition coefficient (Wildman–Crippen LogP) is 2.78. The third kappa shape index (κ3) is 2.42. The van der Waals surface area contributed by atoms with Gasteiger partial charge in [0.1, 0.15) is 5.75 Å². The van der Waals surface area contributed by atoms with Crippen LogP contribution in [-0.2, 0) is 17.6 Å². The van der Waals surface area contributed by atoms with E-state index in [1.807, 2.05) is 17.0 Å². The van der Waals surface area contributed by atoms with Gasteiger partial charge in [-0.1, -0.05) is 0 Å². The van der Waals surface area contributed by atoms with Gasteiger partial charge in [-0.2, -0.15) is 0 Å². The average Bonchev–Trinajstić information content (AvgIpc) is 2.93. The number of methoxy groups -OCH3 is 1. The molecule has 0 unspecified atom stereocenters. The number of carbonyl (C=O) groups excluding carboxylic acids is 2. The standard InChI is InChI=1S/C19H18N2O3/c1-24-16-6-4-15(5-7-16)20-19(23)14-9-12-3-2-8-21-17(22)11-13(10-14)18(12)21/h4-7,9-10H,2-3,8,11H2,1H3,(H,20,23). The number of hydrogen-bond acceptors (Lipinski definition) is 3. The SMILES string of the molecule is COc1ccc(NC(=O)c2cc3c4c(c2)CC(=O)N4CCC3)cc1. The van der Waals surface area contributed by atoms with E-state index in [0.717, 1.165) is 42.0 Å². The van der Waals surface area contributed by atoms with Gasteiger partial charge in [-0.3, -0.25) is 9.59 Å². The number of benzene rings is 2. The third-order valence-electron chi connectivity index (χ3n) is 4.62. The zero-order valence-corrected chi connectivity index (χ0v) is 13.5. The van der Waals surface area contributed by atoms with Gasteiger partial charge in [0.2, 0.25) is 5.91 Å². The molecule has 0 atom stereocenters. The molecule has 0 bridgehead atoms.